The molecule has 1 unspecified atom stereocenters. The van der Waals surface area contributed by atoms with E-state index in [1.54, 1.807) is 0 Å². The van der Waals surface area contributed by atoms with E-state index in [0.717, 1.165) is 22.6 Å². The van der Waals surface area contributed by atoms with Gasteiger partial charge < -0.3 is 5.73 Å². The summed E-state index contributed by atoms with van der Waals surface area (Å²) in [6.07, 6.45) is 0. The Kier molecular flexibility index (Phi) is 2.79. The number of nitrogens with zero attached hydrogens (tertiary/aromatic N) is 2. The average molecular weight is 215 g/mol. The summed E-state index contributed by atoms with van der Waals surface area (Å²) in [7, 11) is 0. The molecule has 0 amide bonds. The molecule has 16 heavy (non-hydrogen) atoms. The van der Waals surface area contributed by atoms with E-state index >= 15 is 0 Å². The molecule has 0 saturated carbocycles. The molecule has 0 aliphatic heterocycles. The highest BCUT2D eigenvalue weighted by atomic mass is 15.3. The molecule has 2 N–H and O–H groups in total. The predicted octanol–water partition coefficient (Wildman–Crippen LogP) is 2.51. The Morgan fingerprint density at radius 3 is 2.25 bits per heavy atom. The van der Waals surface area contributed by atoms with E-state index in [2.05, 4.69) is 42.4 Å². The molecule has 84 valence electrons. The van der Waals surface area contributed by atoms with Gasteiger partial charge >= 0.3 is 0 Å². The van der Waals surface area contributed by atoms with Gasteiger partial charge in [-0.15, -0.1) is 0 Å². The molecular weight excluding hydrogens is 198 g/mol. The summed E-state index contributed by atoms with van der Waals surface area (Å²) in [5.41, 5.74) is 10.2. The molecule has 2 rings (SSSR count). The lowest BCUT2D eigenvalue weighted by atomic mass is 10.1. The van der Waals surface area contributed by atoms with Gasteiger partial charge in [-0.25, -0.2) is 4.68 Å². The summed E-state index contributed by atoms with van der Waals surface area (Å²) in [6.45, 7) is 6.04. The van der Waals surface area contributed by atoms with E-state index in [-0.39, 0.29) is 6.04 Å². The molecule has 0 bridgehead atoms. The molecule has 1 heterocycles. The molecule has 0 aliphatic carbocycles. The van der Waals surface area contributed by atoms with Crippen LogP contribution in [-0.4, -0.2) is 9.78 Å². The van der Waals surface area contributed by atoms with Crippen LogP contribution >= 0.6 is 0 Å². The first-order valence-electron chi connectivity index (χ1n) is 5.47. The predicted molar refractivity (Wildman–Crippen MR) is 65.6 cm³/mol. The maximum atomic E-state index is 5.81. The lowest BCUT2D eigenvalue weighted by Crippen LogP contribution is -2.05. The minimum Gasteiger partial charge on any atom is -0.324 e. The van der Waals surface area contributed by atoms with Crippen LogP contribution in [0.3, 0.4) is 0 Å². The Morgan fingerprint density at radius 2 is 1.81 bits per heavy atom. The molecular formula is C13H17N3. The quantitative estimate of drug-likeness (QED) is 0.836. The normalized spacial score (nSPS) is 12.8. The zero-order valence-electron chi connectivity index (χ0n) is 9.94. The van der Waals surface area contributed by atoms with Crippen LogP contribution in [0.2, 0.25) is 0 Å². The Labute approximate surface area is 95.9 Å². The van der Waals surface area contributed by atoms with E-state index < -0.39 is 0 Å². The topological polar surface area (TPSA) is 43.8 Å². The van der Waals surface area contributed by atoms with Gasteiger partial charge in [0, 0.05) is 11.7 Å². The zero-order chi connectivity index (χ0) is 11.7. The van der Waals surface area contributed by atoms with Crippen LogP contribution in [0, 0.1) is 13.8 Å². The Morgan fingerprint density at radius 1 is 1.19 bits per heavy atom. The highest BCUT2D eigenvalue weighted by Crippen LogP contribution is 2.15. The van der Waals surface area contributed by atoms with Gasteiger partial charge in [0.2, 0.25) is 0 Å². The van der Waals surface area contributed by atoms with E-state index in [0.29, 0.717) is 0 Å². The largest absolute Gasteiger partial charge is 0.324 e. The van der Waals surface area contributed by atoms with E-state index in [1.165, 1.54) is 0 Å². The van der Waals surface area contributed by atoms with Gasteiger partial charge in [0.1, 0.15) is 0 Å². The number of nitrogens with two attached hydrogens (primary N) is 1. The lowest BCUT2D eigenvalue weighted by molar-refractivity contribution is 0.808. The van der Waals surface area contributed by atoms with Gasteiger partial charge in [0.15, 0.2) is 0 Å². The Hall–Kier alpha value is -1.61. The molecule has 0 spiro atoms. The highest BCUT2D eigenvalue weighted by Gasteiger charge is 2.04. The summed E-state index contributed by atoms with van der Waals surface area (Å²) in [5, 5.41) is 4.44. The first kappa shape index (κ1) is 10.9. The summed E-state index contributed by atoms with van der Waals surface area (Å²) < 4.78 is 1.94. The minimum absolute atomic E-state index is 0.0782. The smallest absolute Gasteiger partial charge is 0.0648 e. The molecule has 3 heteroatoms. The van der Waals surface area contributed by atoms with Crippen LogP contribution in [0.5, 0.6) is 0 Å². The van der Waals surface area contributed by atoms with Crippen molar-refractivity contribution in [2.75, 3.05) is 0 Å². The van der Waals surface area contributed by atoms with Gasteiger partial charge in [0.25, 0.3) is 0 Å². The number of hydrogen-bond donors (Lipinski definition) is 1. The molecule has 1 atom stereocenters. The summed E-state index contributed by atoms with van der Waals surface area (Å²) in [5.74, 6) is 0. The van der Waals surface area contributed by atoms with Crippen LogP contribution in [0.1, 0.15) is 29.9 Å². The van der Waals surface area contributed by atoms with Crippen LogP contribution in [0.4, 0.5) is 0 Å². The third kappa shape index (κ3) is 1.99. The molecule has 1 aromatic carbocycles. The number of rotatable bonds is 2. The standard InChI is InChI=1S/C13H17N3/c1-9-8-10(2)16(15-9)13-6-4-12(5-7-13)11(3)14/h4-8,11H,14H2,1-3H3. The number of benzene rings is 1. The molecule has 0 aliphatic rings. The zero-order valence-corrected chi connectivity index (χ0v) is 9.94. The lowest BCUT2D eigenvalue weighted by Gasteiger charge is -2.08. The maximum absolute atomic E-state index is 5.81. The fourth-order valence-electron chi connectivity index (χ4n) is 1.81. The van der Waals surface area contributed by atoms with Crippen molar-refractivity contribution in [3.63, 3.8) is 0 Å². The summed E-state index contributed by atoms with van der Waals surface area (Å²) in [6, 6.07) is 10.4. The third-order valence-corrected chi connectivity index (χ3v) is 2.67. The van der Waals surface area contributed by atoms with E-state index in [1.807, 2.05) is 18.5 Å². The Bertz CT molecular complexity index is 480. The van der Waals surface area contributed by atoms with Crippen molar-refractivity contribution >= 4 is 0 Å². The second-order valence-electron chi connectivity index (χ2n) is 4.22. The van der Waals surface area contributed by atoms with Crippen LogP contribution in [-0.2, 0) is 0 Å². The molecule has 0 saturated heterocycles. The van der Waals surface area contributed by atoms with Crippen molar-refractivity contribution < 1.29 is 0 Å². The average Bonchev–Trinajstić information content (AvgIpc) is 2.58. The summed E-state index contributed by atoms with van der Waals surface area (Å²) >= 11 is 0. The number of hydrogen-bond acceptors (Lipinski definition) is 2. The highest BCUT2D eigenvalue weighted by molar-refractivity contribution is 5.36. The molecule has 0 fully saturated rings. The third-order valence-electron chi connectivity index (χ3n) is 2.67. The van der Waals surface area contributed by atoms with Gasteiger partial charge in [-0.3, -0.25) is 0 Å². The van der Waals surface area contributed by atoms with E-state index in [4.69, 9.17) is 5.73 Å². The van der Waals surface area contributed by atoms with Crippen molar-refractivity contribution in [1.82, 2.24) is 9.78 Å². The minimum atomic E-state index is 0.0782. The maximum Gasteiger partial charge on any atom is 0.0648 e. The van der Waals surface area contributed by atoms with E-state index in [9.17, 15) is 0 Å². The molecule has 0 radical (unpaired) electrons. The van der Waals surface area contributed by atoms with Crippen LogP contribution in [0.15, 0.2) is 30.3 Å². The first-order valence-corrected chi connectivity index (χ1v) is 5.47. The number of aryl methyl sites for hydroxylation is 2. The SMILES string of the molecule is Cc1cc(C)n(-c2ccc(C(C)N)cc2)n1. The Balaban J connectivity index is 2.38. The fraction of sp³-hybridized carbons (Fsp3) is 0.308. The molecule has 1 aromatic heterocycles. The first-order chi connectivity index (χ1) is 7.58. The second kappa shape index (κ2) is 4.10. The van der Waals surface area contributed by atoms with Crippen molar-refractivity contribution in [3.8, 4) is 5.69 Å². The second-order valence-corrected chi connectivity index (χ2v) is 4.22. The van der Waals surface area contributed by atoms with Crippen molar-refractivity contribution in [1.29, 1.82) is 0 Å². The van der Waals surface area contributed by atoms with Gasteiger partial charge in [-0.1, -0.05) is 12.1 Å². The van der Waals surface area contributed by atoms with Crippen molar-refractivity contribution in [2.24, 2.45) is 5.73 Å². The van der Waals surface area contributed by atoms with Crippen molar-refractivity contribution in [2.45, 2.75) is 26.8 Å². The van der Waals surface area contributed by atoms with Gasteiger partial charge in [-0.05, 0) is 44.5 Å². The molecule has 3 nitrogen and oxygen atoms in total. The van der Waals surface area contributed by atoms with Gasteiger partial charge in [0.05, 0.1) is 11.4 Å². The van der Waals surface area contributed by atoms with Crippen LogP contribution < -0.4 is 5.73 Å². The molecule has 2 aromatic rings. The summed E-state index contributed by atoms with van der Waals surface area (Å²) in [4.78, 5) is 0. The van der Waals surface area contributed by atoms with Crippen molar-refractivity contribution in [3.05, 3.63) is 47.3 Å². The fourth-order valence-corrected chi connectivity index (χ4v) is 1.81. The van der Waals surface area contributed by atoms with Crippen LogP contribution in [0.25, 0.3) is 5.69 Å². The monoisotopic (exact) mass is 215 g/mol. The number of aromatic nitrogens is 2. The van der Waals surface area contributed by atoms with Gasteiger partial charge in [-0.2, -0.15) is 5.10 Å².